The van der Waals surface area contributed by atoms with E-state index in [0.29, 0.717) is 35.9 Å². The molecule has 2 heterocycles. The molecule has 4 rings (SSSR count). The molecule has 0 radical (unpaired) electrons. The minimum Gasteiger partial charge on any atom is -0.492 e. The second kappa shape index (κ2) is 8.83. The summed E-state index contributed by atoms with van der Waals surface area (Å²) >= 11 is 0. The standard InChI is InChI=1S/C23H24N6O2/c1-15(2)29-14-26-19-22(25-12-13-31-18-6-4-3-5-7-18)27-21(28-23(19)29)17-10-8-16(9-11-17)20(24)30/h3-11,14-15H,12-13H2,1-2H3,(H2,24,30)(H,25,27,28). The van der Waals surface area contributed by atoms with E-state index in [1.54, 1.807) is 30.6 Å². The topological polar surface area (TPSA) is 108 Å². The SMILES string of the molecule is CC(C)n1cnc2c(NCCOc3ccccc3)nc(-c3ccc(C(N)=O)cc3)nc21. The maximum atomic E-state index is 11.4. The first-order chi connectivity index (χ1) is 15.0. The van der Waals surface area contributed by atoms with Crippen LogP contribution in [0.5, 0.6) is 5.75 Å². The zero-order chi connectivity index (χ0) is 21.8. The number of hydrogen-bond donors (Lipinski definition) is 2. The molecular formula is C23H24N6O2. The average molecular weight is 416 g/mol. The van der Waals surface area contributed by atoms with Gasteiger partial charge in [-0.25, -0.2) is 15.0 Å². The van der Waals surface area contributed by atoms with Crippen LogP contribution in [0.25, 0.3) is 22.6 Å². The number of nitrogens with zero attached hydrogens (tertiary/aromatic N) is 4. The number of amides is 1. The molecule has 8 heteroatoms. The maximum Gasteiger partial charge on any atom is 0.248 e. The molecule has 0 atom stereocenters. The highest BCUT2D eigenvalue weighted by Crippen LogP contribution is 2.26. The minimum atomic E-state index is -0.471. The lowest BCUT2D eigenvalue weighted by molar-refractivity contribution is 0.100. The number of hydrogen-bond acceptors (Lipinski definition) is 6. The van der Waals surface area contributed by atoms with Crippen LogP contribution >= 0.6 is 0 Å². The van der Waals surface area contributed by atoms with Crippen LogP contribution in [0.4, 0.5) is 5.82 Å². The Kier molecular flexibility index (Phi) is 5.79. The largest absolute Gasteiger partial charge is 0.492 e. The number of para-hydroxylation sites is 1. The Morgan fingerprint density at radius 1 is 1.10 bits per heavy atom. The second-order valence-corrected chi connectivity index (χ2v) is 7.34. The van der Waals surface area contributed by atoms with Crippen molar-refractivity contribution in [1.29, 1.82) is 0 Å². The van der Waals surface area contributed by atoms with Gasteiger partial charge < -0.3 is 20.4 Å². The zero-order valence-corrected chi connectivity index (χ0v) is 17.4. The molecule has 0 unspecified atom stereocenters. The van der Waals surface area contributed by atoms with Crippen molar-refractivity contribution in [2.24, 2.45) is 5.73 Å². The van der Waals surface area contributed by atoms with Crippen LogP contribution in [-0.2, 0) is 0 Å². The third-order valence-corrected chi connectivity index (χ3v) is 4.81. The highest BCUT2D eigenvalue weighted by atomic mass is 16.5. The molecule has 0 aliphatic rings. The number of imidazole rings is 1. The minimum absolute atomic E-state index is 0.194. The lowest BCUT2D eigenvalue weighted by atomic mass is 10.1. The quantitative estimate of drug-likeness (QED) is 0.424. The Hall–Kier alpha value is -3.94. The molecular weight excluding hydrogens is 392 g/mol. The van der Waals surface area contributed by atoms with E-state index in [1.165, 1.54) is 0 Å². The van der Waals surface area contributed by atoms with Crippen molar-refractivity contribution < 1.29 is 9.53 Å². The van der Waals surface area contributed by atoms with Crippen LogP contribution in [0.2, 0.25) is 0 Å². The molecule has 31 heavy (non-hydrogen) atoms. The van der Waals surface area contributed by atoms with Gasteiger partial charge in [-0.1, -0.05) is 30.3 Å². The van der Waals surface area contributed by atoms with Crippen LogP contribution in [0.3, 0.4) is 0 Å². The lowest BCUT2D eigenvalue weighted by Crippen LogP contribution is -2.13. The second-order valence-electron chi connectivity index (χ2n) is 7.34. The van der Waals surface area contributed by atoms with Gasteiger partial charge in [0.2, 0.25) is 5.91 Å². The van der Waals surface area contributed by atoms with Gasteiger partial charge in [0, 0.05) is 17.2 Å². The molecule has 4 aromatic rings. The summed E-state index contributed by atoms with van der Waals surface area (Å²) in [6.07, 6.45) is 1.77. The fourth-order valence-corrected chi connectivity index (χ4v) is 3.19. The number of nitrogens with two attached hydrogens (primary N) is 1. The van der Waals surface area contributed by atoms with E-state index < -0.39 is 5.91 Å². The number of carbonyl (C=O) groups is 1. The number of anilines is 1. The van der Waals surface area contributed by atoms with Gasteiger partial charge in [0.1, 0.15) is 17.9 Å². The number of benzene rings is 2. The van der Waals surface area contributed by atoms with Crippen molar-refractivity contribution in [2.75, 3.05) is 18.5 Å². The van der Waals surface area contributed by atoms with Crippen molar-refractivity contribution in [3.05, 3.63) is 66.5 Å². The number of ether oxygens (including phenoxy) is 1. The van der Waals surface area contributed by atoms with Gasteiger partial charge in [0.05, 0.1) is 12.9 Å². The zero-order valence-electron chi connectivity index (χ0n) is 17.4. The number of fused-ring (bicyclic) bond motifs is 1. The summed E-state index contributed by atoms with van der Waals surface area (Å²) in [6, 6.07) is 16.8. The van der Waals surface area contributed by atoms with E-state index in [-0.39, 0.29) is 6.04 Å². The van der Waals surface area contributed by atoms with Gasteiger partial charge in [0.25, 0.3) is 0 Å². The third kappa shape index (κ3) is 4.48. The maximum absolute atomic E-state index is 11.4. The van der Waals surface area contributed by atoms with Crippen LogP contribution in [0, 0.1) is 0 Å². The first-order valence-electron chi connectivity index (χ1n) is 10.1. The van der Waals surface area contributed by atoms with Gasteiger partial charge in [0.15, 0.2) is 17.3 Å². The summed E-state index contributed by atoms with van der Waals surface area (Å²) in [5, 5.41) is 3.32. The van der Waals surface area contributed by atoms with Gasteiger partial charge >= 0.3 is 0 Å². The molecule has 0 saturated carbocycles. The van der Waals surface area contributed by atoms with Crippen LogP contribution in [0.1, 0.15) is 30.2 Å². The van der Waals surface area contributed by atoms with Crippen molar-refractivity contribution >= 4 is 22.9 Å². The molecule has 2 aromatic heterocycles. The van der Waals surface area contributed by atoms with Crippen LogP contribution in [0.15, 0.2) is 60.9 Å². The van der Waals surface area contributed by atoms with E-state index in [0.717, 1.165) is 17.0 Å². The van der Waals surface area contributed by atoms with Crippen molar-refractivity contribution in [2.45, 2.75) is 19.9 Å². The Bertz CT molecular complexity index is 1190. The number of rotatable bonds is 8. The monoisotopic (exact) mass is 416 g/mol. The summed E-state index contributed by atoms with van der Waals surface area (Å²) in [5.41, 5.74) is 8.01. The van der Waals surface area contributed by atoms with E-state index in [9.17, 15) is 4.79 Å². The number of aromatic nitrogens is 4. The fraction of sp³-hybridized carbons (Fsp3) is 0.217. The first-order valence-corrected chi connectivity index (χ1v) is 10.1. The van der Waals surface area contributed by atoms with Crippen molar-refractivity contribution in [3.8, 4) is 17.1 Å². The Labute approximate surface area is 180 Å². The van der Waals surface area contributed by atoms with Gasteiger partial charge in [-0.2, -0.15) is 0 Å². The number of nitrogens with one attached hydrogen (secondary N) is 1. The van der Waals surface area contributed by atoms with E-state index >= 15 is 0 Å². The van der Waals surface area contributed by atoms with Crippen LogP contribution in [-0.4, -0.2) is 38.6 Å². The predicted octanol–water partition coefficient (Wildman–Crippen LogP) is 3.66. The van der Waals surface area contributed by atoms with E-state index in [4.69, 9.17) is 20.4 Å². The highest BCUT2D eigenvalue weighted by Gasteiger charge is 2.16. The fourth-order valence-electron chi connectivity index (χ4n) is 3.19. The van der Waals surface area contributed by atoms with Crippen LogP contribution < -0.4 is 15.8 Å². The molecule has 0 aliphatic carbocycles. The first kappa shape index (κ1) is 20.3. The number of primary amides is 1. The molecule has 0 aliphatic heterocycles. The Morgan fingerprint density at radius 2 is 1.84 bits per heavy atom. The van der Waals surface area contributed by atoms with Gasteiger partial charge in [-0.3, -0.25) is 4.79 Å². The summed E-state index contributed by atoms with van der Waals surface area (Å²) in [4.78, 5) is 25.3. The summed E-state index contributed by atoms with van der Waals surface area (Å²) in [7, 11) is 0. The Morgan fingerprint density at radius 3 is 2.52 bits per heavy atom. The van der Waals surface area contributed by atoms with E-state index in [2.05, 4.69) is 24.1 Å². The molecule has 8 nitrogen and oxygen atoms in total. The molecule has 158 valence electrons. The van der Waals surface area contributed by atoms with Gasteiger partial charge in [-0.15, -0.1) is 0 Å². The summed E-state index contributed by atoms with van der Waals surface area (Å²) in [5.74, 6) is 1.52. The molecule has 0 spiro atoms. The molecule has 1 amide bonds. The molecule has 3 N–H and O–H groups in total. The third-order valence-electron chi connectivity index (χ3n) is 4.81. The lowest BCUT2D eigenvalue weighted by Gasteiger charge is -2.12. The molecule has 0 fully saturated rings. The predicted molar refractivity (Wildman–Crippen MR) is 120 cm³/mol. The molecule has 0 saturated heterocycles. The number of carbonyl (C=O) groups excluding carboxylic acids is 1. The Balaban J connectivity index is 1.62. The smallest absolute Gasteiger partial charge is 0.248 e. The summed E-state index contributed by atoms with van der Waals surface area (Å²) in [6.45, 7) is 5.18. The van der Waals surface area contributed by atoms with Crippen molar-refractivity contribution in [1.82, 2.24) is 19.5 Å². The molecule has 2 aromatic carbocycles. The molecule has 0 bridgehead atoms. The summed E-state index contributed by atoms with van der Waals surface area (Å²) < 4.78 is 7.76. The van der Waals surface area contributed by atoms with Gasteiger partial charge in [-0.05, 0) is 38.1 Å². The van der Waals surface area contributed by atoms with E-state index in [1.807, 2.05) is 34.9 Å². The van der Waals surface area contributed by atoms with Crippen molar-refractivity contribution in [3.63, 3.8) is 0 Å². The average Bonchev–Trinajstić information content (AvgIpc) is 3.22. The highest BCUT2D eigenvalue weighted by molar-refractivity contribution is 5.93. The normalized spacial score (nSPS) is 11.1.